The molecule has 2 N–H and O–H groups in total. The van der Waals surface area contributed by atoms with E-state index in [1.165, 1.54) is 27.6 Å². The van der Waals surface area contributed by atoms with Crippen molar-refractivity contribution in [3.63, 3.8) is 0 Å². The molecule has 30 heavy (non-hydrogen) atoms. The van der Waals surface area contributed by atoms with Gasteiger partial charge in [0.1, 0.15) is 0 Å². The summed E-state index contributed by atoms with van der Waals surface area (Å²) in [5, 5.41) is 7.89. The first-order valence-electron chi connectivity index (χ1n) is 10.8. The molecule has 1 aromatic heterocycles. The SMILES string of the molecule is CCn1cc(C(CC(=O)NC2CCNCC2)c2cccc(C)c2)c2ccccc21.Cl. The highest BCUT2D eigenvalue weighted by Gasteiger charge is 2.24. The van der Waals surface area contributed by atoms with E-state index < -0.39 is 0 Å². The summed E-state index contributed by atoms with van der Waals surface area (Å²) < 4.78 is 2.29. The van der Waals surface area contributed by atoms with Crippen LogP contribution in [0, 0.1) is 6.92 Å². The molecule has 0 saturated carbocycles. The fraction of sp³-hybridized carbons (Fsp3) is 0.400. The number of nitrogens with one attached hydrogen (secondary N) is 2. The van der Waals surface area contributed by atoms with Crippen molar-refractivity contribution in [3.05, 3.63) is 71.4 Å². The van der Waals surface area contributed by atoms with Crippen molar-refractivity contribution in [1.82, 2.24) is 15.2 Å². The third kappa shape index (κ3) is 4.88. The van der Waals surface area contributed by atoms with Crippen LogP contribution in [0.1, 0.15) is 48.8 Å². The van der Waals surface area contributed by atoms with Crippen LogP contribution in [0.4, 0.5) is 0 Å². The van der Waals surface area contributed by atoms with Crippen LogP contribution in [0.15, 0.2) is 54.7 Å². The standard InChI is InChI=1S/C25H31N3O.ClH/c1-3-28-17-23(21-9-4-5-10-24(21)28)22(19-8-6-7-18(2)15-19)16-25(29)27-20-11-13-26-14-12-20;/h4-10,15,17,20,22,26H,3,11-14,16H2,1-2H3,(H,27,29);1H. The Morgan fingerprint density at radius 3 is 2.67 bits per heavy atom. The van der Waals surface area contributed by atoms with Crippen molar-refractivity contribution >= 4 is 29.2 Å². The third-order valence-corrected chi connectivity index (χ3v) is 6.07. The first-order valence-corrected chi connectivity index (χ1v) is 10.8. The number of amides is 1. The number of fused-ring (bicyclic) bond motifs is 1. The number of para-hydroxylation sites is 1. The maximum absolute atomic E-state index is 13.0. The number of aryl methyl sites for hydroxylation is 2. The highest BCUT2D eigenvalue weighted by atomic mass is 35.5. The minimum Gasteiger partial charge on any atom is -0.353 e. The molecule has 1 aliphatic heterocycles. The molecular weight excluding hydrogens is 394 g/mol. The molecule has 1 fully saturated rings. The summed E-state index contributed by atoms with van der Waals surface area (Å²) >= 11 is 0. The number of hydrogen-bond acceptors (Lipinski definition) is 2. The van der Waals surface area contributed by atoms with Gasteiger partial charge in [-0.25, -0.2) is 0 Å². The van der Waals surface area contributed by atoms with E-state index in [1.807, 2.05) is 0 Å². The van der Waals surface area contributed by atoms with E-state index >= 15 is 0 Å². The molecule has 2 aromatic carbocycles. The summed E-state index contributed by atoms with van der Waals surface area (Å²) in [5.41, 5.74) is 4.92. The van der Waals surface area contributed by atoms with Crippen LogP contribution in [0.3, 0.4) is 0 Å². The molecule has 160 valence electrons. The number of hydrogen-bond donors (Lipinski definition) is 2. The van der Waals surface area contributed by atoms with Gasteiger partial charge >= 0.3 is 0 Å². The number of carbonyl (C=O) groups excluding carboxylic acids is 1. The normalized spacial score (nSPS) is 15.5. The zero-order valence-corrected chi connectivity index (χ0v) is 18.7. The van der Waals surface area contributed by atoms with Crippen LogP contribution in [0.2, 0.25) is 0 Å². The Bertz CT molecular complexity index is 991. The van der Waals surface area contributed by atoms with Gasteiger partial charge < -0.3 is 15.2 Å². The fourth-order valence-corrected chi connectivity index (χ4v) is 4.55. The first kappa shape index (κ1) is 22.4. The first-order chi connectivity index (χ1) is 14.2. The lowest BCUT2D eigenvalue weighted by molar-refractivity contribution is -0.122. The second-order valence-electron chi connectivity index (χ2n) is 8.15. The zero-order valence-electron chi connectivity index (χ0n) is 17.9. The van der Waals surface area contributed by atoms with Crippen molar-refractivity contribution in [2.45, 2.75) is 51.6 Å². The molecule has 0 bridgehead atoms. The molecule has 1 amide bonds. The molecule has 3 aromatic rings. The van der Waals surface area contributed by atoms with Crippen molar-refractivity contribution in [2.75, 3.05) is 13.1 Å². The van der Waals surface area contributed by atoms with Crippen LogP contribution in [0.25, 0.3) is 10.9 Å². The van der Waals surface area contributed by atoms with Crippen LogP contribution in [0.5, 0.6) is 0 Å². The monoisotopic (exact) mass is 425 g/mol. The number of nitrogens with zero attached hydrogens (tertiary/aromatic N) is 1. The molecule has 1 aliphatic rings. The average molecular weight is 426 g/mol. The van der Waals surface area contributed by atoms with Crippen molar-refractivity contribution < 1.29 is 4.79 Å². The van der Waals surface area contributed by atoms with E-state index in [2.05, 4.69) is 83.8 Å². The van der Waals surface area contributed by atoms with Crippen molar-refractivity contribution in [3.8, 4) is 0 Å². The van der Waals surface area contributed by atoms with Gasteiger partial charge in [-0.3, -0.25) is 4.79 Å². The van der Waals surface area contributed by atoms with Gasteiger partial charge in [0.25, 0.3) is 0 Å². The number of aromatic nitrogens is 1. The van der Waals surface area contributed by atoms with E-state index in [-0.39, 0.29) is 24.2 Å². The maximum Gasteiger partial charge on any atom is 0.221 e. The molecule has 0 aliphatic carbocycles. The van der Waals surface area contributed by atoms with Crippen LogP contribution in [-0.4, -0.2) is 29.6 Å². The molecule has 1 saturated heterocycles. The van der Waals surface area contributed by atoms with Crippen LogP contribution < -0.4 is 10.6 Å². The van der Waals surface area contributed by atoms with Gasteiger partial charge in [0.2, 0.25) is 5.91 Å². The van der Waals surface area contributed by atoms with Gasteiger partial charge in [0.15, 0.2) is 0 Å². The molecule has 2 heterocycles. The molecule has 0 spiro atoms. The van der Waals surface area contributed by atoms with Gasteiger partial charge in [-0.1, -0.05) is 48.0 Å². The van der Waals surface area contributed by atoms with Gasteiger partial charge in [0, 0.05) is 42.0 Å². The molecule has 4 nitrogen and oxygen atoms in total. The predicted molar refractivity (Wildman–Crippen MR) is 127 cm³/mol. The topological polar surface area (TPSA) is 46.1 Å². The van der Waals surface area contributed by atoms with E-state index in [1.54, 1.807) is 0 Å². The Labute approximate surface area is 185 Å². The molecule has 4 rings (SSSR count). The van der Waals surface area contributed by atoms with E-state index in [4.69, 9.17) is 0 Å². The predicted octanol–water partition coefficient (Wildman–Crippen LogP) is 4.78. The van der Waals surface area contributed by atoms with Crippen LogP contribution >= 0.6 is 12.4 Å². The summed E-state index contributed by atoms with van der Waals surface area (Å²) in [6, 6.07) is 17.4. The Morgan fingerprint density at radius 2 is 1.93 bits per heavy atom. The minimum absolute atomic E-state index is 0. The summed E-state index contributed by atoms with van der Waals surface area (Å²) in [6.45, 7) is 7.17. The fourth-order valence-electron chi connectivity index (χ4n) is 4.55. The highest BCUT2D eigenvalue weighted by Crippen LogP contribution is 2.35. The molecular formula is C25H32ClN3O. The molecule has 0 radical (unpaired) electrons. The number of halogens is 1. The van der Waals surface area contributed by atoms with Gasteiger partial charge in [-0.05, 0) is 57.0 Å². The molecule has 1 unspecified atom stereocenters. The zero-order chi connectivity index (χ0) is 20.2. The number of rotatable bonds is 6. The lowest BCUT2D eigenvalue weighted by atomic mass is 9.87. The van der Waals surface area contributed by atoms with Gasteiger partial charge in [-0.2, -0.15) is 0 Å². The summed E-state index contributed by atoms with van der Waals surface area (Å²) in [6.07, 6.45) is 4.74. The number of carbonyl (C=O) groups is 1. The summed E-state index contributed by atoms with van der Waals surface area (Å²) in [7, 11) is 0. The quantitative estimate of drug-likeness (QED) is 0.596. The Hall–Kier alpha value is -2.30. The highest BCUT2D eigenvalue weighted by molar-refractivity contribution is 5.87. The molecule has 1 atom stereocenters. The van der Waals surface area contributed by atoms with Crippen molar-refractivity contribution in [2.24, 2.45) is 0 Å². The minimum atomic E-state index is 0. The number of benzene rings is 2. The lowest BCUT2D eigenvalue weighted by Gasteiger charge is -2.25. The Balaban J connectivity index is 0.00000256. The Morgan fingerprint density at radius 1 is 1.17 bits per heavy atom. The average Bonchev–Trinajstić information content (AvgIpc) is 3.11. The smallest absolute Gasteiger partial charge is 0.221 e. The van der Waals surface area contributed by atoms with E-state index in [9.17, 15) is 4.79 Å². The number of piperidine rings is 1. The van der Waals surface area contributed by atoms with E-state index in [0.717, 1.165) is 32.5 Å². The largest absolute Gasteiger partial charge is 0.353 e. The molecule has 5 heteroatoms. The van der Waals surface area contributed by atoms with Gasteiger partial charge in [-0.15, -0.1) is 12.4 Å². The lowest BCUT2D eigenvalue weighted by Crippen LogP contribution is -2.43. The Kier molecular flexibility index (Phi) is 7.57. The maximum atomic E-state index is 13.0. The summed E-state index contributed by atoms with van der Waals surface area (Å²) in [4.78, 5) is 13.0. The second-order valence-corrected chi connectivity index (χ2v) is 8.15. The third-order valence-electron chi connectivity index (χ3n) is 6.07. The van der Waals surface area contributed by atoms with Crippen LogP contribution in [-0.2, 0) is 11.3 Å². The summed E-state index contributed by atoms with van der Waals surface area (Å²) in [5.74, 6) is 0.200. The van der Waals surface area contributed by atoms with Gasteiger partial charge in [0.05, 0.1) is 0 Å². The van der Waals surface area contributed by atoms with Crippen molar-refractivity contribution in [1.29, 1.82) is 0 Å². The second kappa shape index (κ2) is 10.1. The van der Waals surface area contributed by atoms with E-state index in [0.29, 0.717) is 12.5 Å².